The highest BCUT2D eigenvalue weighted by Crippen LogP contribution is 2.34. The summed E-state index contributed by atoms with van der Waals surface area (Å²) >= 11 is 0. The highest BCUT2D eigenvalue weighted by atomic mass is 19.4. The Morgan fingerprint density at radius 1 is 0.654 bits per heavy atom. The summed E-state index contributed by atoms with van der Waals surface area (Å²) in [6.07, 6.45) is -2.21. The number of carboxylic acid groups (broad SMARTS) is 1. The molecule has 0 atom stereocenters. The third-order valence-corrected chi connectivity index (χ3v) is 6.41. The Labute approximate surface area is 294 Å². The highest BCUT2D eigenvalue weighted by molar-refractivity contribution is 5.93. The number of amides is 3. The first kappa shape index (κ1) is 37.9. The molecule has 0 saturated carbocycles. The van der Waals surface area contributed by atoms with E-state index < -0.39 is 23.6 Å². The lowest BCUT2D eigenvalue weighted by Crippen LogP contribution is -2.18. The van der Waals surface area contributed by atoms with E-state index in [1.807, 2.05) is 0 Å². The number of anilines is 3. The van der Waals surface area contributed by atoms with Gasteiger partial charge < -0.3 is 30.5 Å². The molecule has 17 heteroatoms. The van der Waals surface area contributed by atoms with Gasteiger partial charge in [-0.05, 0) is 47.5 Å². The maximum atomic E-state index is 13.0. The SMILES string of the molecule is CC(=O)Nc1cc(Oc2ccc(CC(=O)Nc3ccccc3C(F)(F)F)cc2)ncn1.CC(=O)Nc1cc(Oc2ccc(CC(=O)O)cc2)ncn1. The van der Waals surface area contributed by atoms with Gasteiger partial charge in [-0.25, -0.2) is 19.9 Å². The van der Waals surface area contributed by atoms with Crippen LogP contribution in [-0.4, -0.2) is 48.7 Å². The molecular formula is C35H30F3N7O7. The summed E-state index contributed by atoms with van der Waals surface area (Å²) in [5, 5.41) is 16.0. The topological polar surface area (TPSA) is 195 Å². The van der Waals surface area contributed by atoms with Gasteiger partial charge in [0, 0.05) is 26.0 Å². The van der Waals surface area contributed by atoms with Crippen molar-refractivity contribution < 1.29 is 46.9 Å². The van der Waals surface area contributed by atoms with Crippen molar-refractivity contribution >= 4 is 41.0 Å². The van der Waals surface area contributed by atoms with E-state index in [4.69, 9.17) is 14.6 Å². The maximum absolute atomic E-state index is 13.0. The predicted molar refractivity (Wildman–Crippen MR) is 181 cm³/mol. The van der Waals surface area contributed by atoms with Crippen LogP contribution in [0.25, 0.3) is 0 Å². The van der Waals surface area contributed by atoms with E-state index in [1.54, 1.807) is 48.5 Å². The van der Waals surface area contributed by atoms with E-state index in [9.17, 15) is 32.3 Å². The fourth-order valence-corrected chi connectivity index (χ4v) is 4.27. The van der Waals surface area contributed by atoms with Crippen LogP contribution in [0, 0.1) is 0 Å². The van der Waals surface area contributed by atoms with Crippen molar-refractivity contribution in [2.24, 2.45) is 0 Å². The summed E-state index contributed by atoms with van der Waals surface area (Å²) in [6.45, 7) is 2.73. The number of hydrogen-bond acceptors (Lipinski definition) is 10. The van der Waals surface area contributed by atoms with Crippen molar-refractivity contribution in [1.82, 2.24) is 19.9 Å². The zero-order chi connectivity index (χ0) is 37.7. The minimum Gasteiger partial charge on any atom is -0.481 e. The molecule has 2 aromatic heterocycles. The lowest BCUT2D eigenvalue weighted by Gasteiger charge is -2.13. The second kappa shape index (κ2) is 17.7. The van der Waals surface area contributed by atoms with Crippen LogP contribution in [0.4, 0.5) is 30.5 Å². The van der Waals surface area contributed by atoms with E-state index in [-0.39, 0.29) is 47.9 Å². The monoisotopic (exact) mass is 717 g/mol. The van der Waals surface area contributed by atoms with Crippen LogP contribution in [0.15, 0.2) is 97.6 Å². The normalized spacial score (nSPS) is 10.6. The standard InChI is InChI=1S/C21H17F3N4O3.C14H13N3O4/c1-13(29)27-18-11-20(26-12-25-18)31-15-8-6-14(7-9-15)10-19(30)28-17-5-3-2-4-16(17)21(22,23)24;1-9(18)17-12-7-13(16-8-15-12)21-11-4-2-10(3-5-11)6-14(19)20/h2-9,11-12H,10H2,1H3,(H,28,30)(H,25,26,27,29);2-5,7-8H,6H2,1H3,(H,19,20)(H,15,16,17,18). The van der Waals surface area contributed by atoms with Crippen LogP contribution in [0.2, 0.25) is 0 Å². The molecule has 0 radical (unpaired) electrons. The van der Waals surface area contributed by atoms with Gasteiger partial charge in [0.15, 0.2) is 0 Å². The molecule has 0 aliphatic carbocycles. The molecule has 2 heterocycles. The van der Waals surface area contributed by atoms with Gasteiger partial charge in [0.1, 0.15) is 35.8 Å². The van der Waals surface area contributed by atoms with Gasteiger partial charge in [-0.1, -0.05) is 36.4 Å². The van der Waals surface area contributed by atoms with Gasteiger partial charge in [0.2, 0.25) is 29.5 Å². The Hall–Kier alpha value is -6.91. The van der Waals surface area contributed by atoms with Crippen LogP contribution in [0.3, 0.4) is 0 Å². The first-order valence-corrected chi connectivity index (χ1v) is 15.1. The smallest absolute Gasteiger partial charge is 0.418 e. The van der Waals surface area contributed by atoms with E-state index in [0.717, 1.165) is 6.07 Å². The molecule has 0 aliphatic rings. The summed E-state index contributed by atoms with van der Waals surface area (Å²) in [7, 11) is 0. The summed E-state index contributed by atoms with van der Waals surface area (Å²) in [5.41, 5.74) is 0.0571. The molecule has 0 bridgehead atoms. The van der Waals surface area contributed by atoms with Crippen LogP contribution in [-0.2, 0) is 38.2 Å². The number of para-hydroxylation sites is 1. The molecule has 0 saturated heterocycles. The molecule has 0 unspecified atom stereocenters. The molecule has 0 spiro atoms. The number of halogens is 3. The first-order valence-electron chi connectivity index (χ1n) is 15.1. The van der Waals surface area contributed by atoms with Crippen LogP contribution in [0.1, 0.15) is 30.5 Å². The van der Waals surface area contributed by atoms with Crippen LogP contribution in [0.5, 0.6) is 23.3 Å². The van der Waals surface area contributed by atoms with Crippen molar-refractivity contribution in [3.63, 3.8) is 0 Å². The van der Waals surface area contributed by atoms with Crippen LogP contribution >= 0.6 is 0 Å². The Bertz CT molecular complexity index is 2030. The molecule has 5 rings (SSSR count). The number of rotatable bonds is 11. The number of aromatic nitrogens is 4. The Morgan fingerprint density at radius 3 is 1.56 bits per heavy atom. The molecule has 4 N–H and O–H groups in total. The first-order chi connectivity index (χ1) is 24.7. The fraction of sp³-hybridized carbons (Fsp3) is 0.143. The Kier molecular flexibility index (Phi) is 12.9. The molecule has 3 amide bonds. The van der Waals surface area contributed by atoms with E-state index >= 15 is 0 Å². The van der Waals surface area contributed by atoms with E-state index in [2.05, 4.69) is 35.9 Å². The number of carbonyl (C=O) groups is 4. The lowest BCUT2D eigenvalue weighted by atomic mass is 10.1. The number of nitrogens with zero attached hydrogens (tertiary/aromatic N) is 4. The van der Waals surface area contributed by atoms with Gasteiger partial charge >= 0.3 is 12.1 Å². The second-order valence-corrected chi connectivity index (χ2v) is 10.7. The number of carboxylic acids is 1. The molecule has 3 aromatic carbocycles. The highest BCUT2D eigenvalue weighted by Gasteiger charge is 2.33. The van der Waals surface area contributed by atoms with E-state index in [1.165, 1.54) is 56.8 Å². The van der Waals surface area contributed by atoms with Crippen molar-refractivity contribution in [1.29, 1.82) is 0 Å². The predicted octanol–water partition coefficient (Wildman–Crippen LogP) is 6.28. The molecule has 5 aromatic rings. The summed E-state index contributed by atoms with van der Waals surface area (Å²) in [4.78, 5) is 60.5. The number of benzene rings is 3. The number of ether oxygens (including phenoxy) is 2. The van der Waals surface area contributed by atoms with Gasteiger partial charge in [-0.15, -0.1) is 0 Å². The molecular weight excluding hydrogens is 687 g/mol. The Balaban J connectivity index is 0.000000251. The average molecular weight is 718 g/mol. The molecule has 268 valence electrons. The fourth-order valence-electron chi connectivity index (χ4n) is 4.27. The summed E-state index contributed by atoms with van der Waals surface area (Å²) < 4.78 is 50.2. The molecule has 0 aliphatic heterocycles. The van der Waals surface area contributed by atoms with E-state index in [0.29, 0.717) is 28.4 Å². The van der Waals surface area contributed by atoms with Crippen LogP contribution < -0.4 is 25.4 Å². The number of carbonyl (C=O) groups excluding carboxylic acids is 3. The van der Waals surface area contributed by atoms with Gasteiger partial charge in [-0.3, -0.25) is 19.2 Å². The third kappa shape index (κ3) is 12.5. The van der Waals surface area contributed by atoms with Crippen molar-refractivity contribution in [2.45, 2.75) is 32.9 Å². The average Bonchev–Trinajstić information content (AvgIpc) is 3.06. The maximum Gasteiger partial charge on any atom is 0.418 e. The number of aliphatic carboxylic acids is 1. The zero-order valence-corrected chi connectivity index (χ0v) is 27.5. The lowest BCUT2D eigenvalue weighted by molar-refractivity contribution is -0.137. The number of alkyl halides is 3. The third-order valence-electron chi connectivity index (χ3n) is 6.41. The van der Waals surface area contributed by atoms with Gasteiger partial charge in [0.05, 0.1) is 24.1 Å². The number of nitrogens with one attached hydrogen (secondary N) is 3. The molecule has 52 heavy (non-hydrogen) atoms. The van der Waals surface area contributed by atoms with Crippen molar-refractivity contribution in [3.8, 4) is 23.3 Å². The quantitative estimate of drug-likeness (QED) is 0.120. The van der Waals surface area contributed by atoms with Gasteiger partial charge in [0.25, 0.3) is 0 Å². The Morgan fingerprint density at radius 2 is 1.12 bits per heavy atom. The summed E-state index contributed by atoms with van der Waals surface area (Å²) in [5.74, 6) is 0.0340. The largest absolute Gasteiger partial charge is 0.481 e. The zero-order valence-electron chi connectivity index (χ0n) is 27.5. The summed E-state index contributed by atoms with van der Waals surface area (Å²) in [6, 6.07) is 20.8. The molecule has 0 fully saturated rings. The minimum atomic E-state index is -4.57. The number of hydrogen-bond donors (Lipinski definition) is 4. The second-order valence-electron chi connectivity index (χ2n) is 10.7. The van der Waals surface area contributed by atoms with Crippen molar-refractivity contribution in [3.05, 3.63) is 114 Å². The minimum absolute atomic E-state index is 0.0412. The van der Waals surface area contributed by atoms with Crippen molar-refractivity contribution in [2.75, 3.05) is 16.0 Å². The van der Waals surface area contributed by atoms with Gasteiger partial charge in [-0.2, -0.15) is 13.2 Å². The molecule has 14 nitrogen and oxygen atoms in total.